The maximum Gasteiger partial charge on any atom is 0.296 e. The third-order valence-corrected chi connectivity index (χ3v) is 13.9. The number of rotatable bonds is 33. The van der Waals surface area contributed by atoms with Gasteiger partial charge in [-0.25, -0.2) is 0 Å². The molecule has 1 saturated heterocycles. The molecular formula is C52H89BClNO. The molecule has 1 fully saturated rings. The SMILES string of the molecule is CCCCCCCCCC(Cl)CCCCCCCCN1CC(c2ccccc2)C(CCCCCCCC)B(O)C(CCCCCCCC)C(c2ccccc2)C1. The lowest BCUT2D eigenvalue weighted by atomic mass is 9.39. The maximum absolute atomic E-state index is 12.8. The first-order valence-corrected chi connectivity index (χ1v) is 25.2. The van der Waals surface area contributed by atoms with Gasteiger partial charge in [0.25, 0.3) is 6.92 Å². The molecule has 318 valence electrons. The number of nitrogens with zero attached hydrogens (tertiary/aromatic N) is 1. The fourth-order valence-corrected chi connectivity index (χ4v) is 10.2. The summed E-state index contributed by atoms with van der Waals surface area (Å²) in [4.78, 5) is 2.85. The molecule has 4 heteroatoms. The van der Waals surface area contributed by atoms with E-state index in [0.717, 1.165) is 25.9 Å². The Morgan fingerprint density at radius 2 is 0.839 bits per heavy atom. The van der Waals surface area contributed by atoms with Crippen LogP contribution in [0.1, 0.15) is 230 Å². The van der Waals surface area contributed by atoms with Crippen molar-refractivity contribution in [1.82, 2.24) is 4.90 Å². The number of hydrogen-bond donors (Lipinski definition) is 1. The van der Waals surface area contributed by atoms with Crippen molar-refractivity contribution in [1.29, 1.82) is 0 Å². The smallest absolute Gasteiger partial charge is 0.296 e. The second-order valence-corrected chi connectivity index (χ2v) is 18.8. The van der Waals surface area contributed by atoms with Gasteiger partial charge in [-0.05, 0) is 60.4 Å². The molecule has 1 N–H and O–H groups in total. The Balaban J connectivity index is 1.66. The van der Waals surface area contributed by atoms with E-state index in [1.54, 1.807) is 0 Å². The number of hydrogen-bond acceptors (Lipinski definition) is 2. The number of alkyl halides is 1. The molecule has 2 aromatic carbocycles. The summed E-state index contributed by atoms with van der Waals surface area (Å²) in [6.07, 6.45) is 37.9. The van der Waals surface area contributed by atoms with Crippen molar-refractivity contribution in [2.45, 2.75) is 236 Å². The highest BCUT2D eigenvalue weighted by molar-refractivity contribution is 6.54. The quantitative estimate of drug-likeness (QED) is 0.0442. The Bertz CT molecular complexity index is 1080. The average molecular weight is 791 g/mol. The van der Waals surface area contributed by atoms with E-state index in [4.69, 9.17) is 11.6 Å². The zero-order valence-corrected chi connectivity index (χ0v) is 37.9. The fourth-order valence-electron chi connectivity index (χ4n) is 9.92. The van der Waals surface area contributed by atoms with Gasteiger partial charge in [-0.1, -0.05) is 248 Å². The van der Waals surface area contributed by atoms with Crippen molar-refractivity contribution in [3.05, 3.63) is 71.8 Å². The molecule has 1 aliphatic heterocycles. The van der Waals surface area contributed by atoms with Gasteiger partial charge < -0.3 is 9.92 Å². The van der Waals surface area contributed by atoms with Crippen LogP contribution in [0.15, 0.2) is 60.7 Å². The monoisotopic (exact) mass is 790 g/mol. The molecular weight excluding hydrogens is 701 g/mol. The van der Waals surface area contributed by atoms with Crippen LogP contribution in [0, 0.1) is 0 Å². The van der Waals surface area contributed by atoms with Crippen LogP contribution in [0.3, 0.4) is 0 Å². The molecule has 0 amide bonds. The maximum atomic E-state index is 12.8. The van der Waals surface area contributed by atoms with Crippen molar-refractivity contribution >= 4 is 18.5 Å². The van der Waals surface area contributed by atoms with E-state index in [9.17, 15) is 5.02 Å². The second kappa shape index (κ2) is 32.6. The summed E-state index contributed by atoms with van der Waals surface area (Å²) in [5, 5.41) is 13.2. The van der Waals surface area contributed by atoms with Gasteiger partial charge in [-0.2, -0.15) is 0 Å². The summed E-state index contributed by atoms with van der Waals surface area (Å²) < 4.78 is 0. The van der Waals surface area contributed by atoms with Gasteiger partial charge in [0.2, 0.25) is 0 Å². The Labute approximate surface area is 354 Å². The Hall–Kier alpha value is -1.29. The first-order valence-electron chi connectivity index (χ1n) is 24.7. The predicted molar refractivity (Wildman–Crippen MR) is 251 cm³/mol. The minimum atomic E-state index is -0.276. The molecule has 0 spiro atoms. The Morgan fingerprint density at radius 1 is 0.500 bits per heavy atom. The van der Waals surface area contributed by atoms with Crippen molar-refractivity contribution < 1.29 is 5.02 Å². The highest BCUT2D eigenvalue weighted by atomic mass is 35.5. The molecule has 56 heavy (non-hydrogen) atoms. The van der Waals surface area contributed by atoms with Crippen LogP contribution in [0.25, 0.3) is 0 Å². The van der Waals surface area contributed by atoms with Gasteiger partial charge >= 0.3 is 0 Å². The van der Waals surface area contributed by atoms with E-state index in [0.29, 0.717) is 28.8 Å². The van der Waals surface area contributed by atoms with Gasteiger partial charge in [-0.15, -0.1) is 11.6 Å². The lowest BCUT2D eigenvalue weighted by Crippen LogP contribution is -2.45. The molecule has 5 unspecified atom stereocenters. The van der Waals surface area contributed by atoms with E-state index in [1.165, 1.54) is 191 Å². The van der Waals surface area contributed by atoms with Crippen LogP contribution in [0.5, 0.6) is 0 Å². The molecule has 2 nitrogen and oxygen atoms in total. The molecule has 3 rings (SSSR count). The first-order chi connectivity index (χ1) is 27.6. The zero-order chi connectivity index (χ0) is 39.9. The lowest BCUT2D eigenvalue weighted by molar-refractivity contribution is 0.208. The highest BCUT2D eigenvalue weighted by Crippen LogP contribution is 2.48. The van der Waals surface area contributed by atoms with Crippen LogP contribution in [0.4, 0.5) is 0 Å². The summed E-state index contributed by atoms with van der Waals surface area (Å²) >= 11 is 6.74. The third-order valence-electron chi connectivity index (χ3n) is 13.4. The third kappa shape index (κ3) is 20.6. The summed E-state index contributed by atoms with van der Waals surface area (Å²) in [5.41, 5.74) is 2.88. The standard InChI is InChI=1S/C52H89BClNO/c1-4-7-10-13-16-19-30-39-48(54)40-31-20-17-18-23-34-43-55-44-49(46-35-26-24-27-36-46)51(41-32-21-14-11-8-5-2)53(56)52(42-33-22-15-12-9-6-3)50(45-55)47-37-28-25-29-38-47/h24-29,35-38,48-52,56H,4-23,30-34,39-45H2,1-3H3. The minimum Gasteiger partial charge on any atom is -0.450 e. The van der Waals surface area contributed by atoms with Crippen LogP contribution in [0.2, 0.25) is 11.6 Å². The summed E-state index contributed by atoms with van der Waals surface area (Å²) in [6.45, 7) is 9.92. The van der Waals surface area contributed by atoms with Crippen LogP contribution in [-0.2, 0) is 0 Å². The number of benzene rings is 2. The van der Waals surface area contributed by atoms with Gasteiger partial charge in [0.15, 0.2) is 0 Å². The molecule has 0 radical (unpaired) electrons. The second-order valence-electron chi connectivity index (χ2n) is 18.1. The molecule has 1 heterocycles. The number of halogens is 1. The highest BCUT2D eigenvalue weighted by Gasteiger charge is 2.44. The van der Waals surface area contributed by atoms with E-state index >= 15 is 0 Å². The van der Waals surface area contributed by atoms with Crippen LogP contribution < -0.4 is 0 Å². The summed E-state index contributed by atoms with van der Waals surface area (Å²) in [6, 6.07) is 22.7. The molecule has 0 aromatic heterocycles. The Morgan fingerprint density at radius 3 is 1.23 bits per heavy atom. The minimum absolute atomic E-state index is 0.276. The molecule has 1 aliphatic rings. The van der Waals surface area contributed by atoms with E-state index in [-0.39, 0.29) is 6.92 Å². The van der Waals surface area contributed by atoms with Gasteiger partial charge in [0.1, 0.15) is 0 Å². The lowest BCUT2D eigenvalue weighted by Gasteiger charge is -2.44. The van der Waals surface area contributed by atoms with E-state index < -0.39 is 0 Å². The largest absolute Gasteiger partial charge is 0.450 e. The van der Waals surface area contributed by atoms with Gasteiger partial charge in [-0.3, -0.25) is 0 Å². The van der Waals surface area contributed by atoms with Gasteiger partial charge in [0, 0.05) is 18.5 Å². The summed E-state index contributed by atoms with van der Waals surface area (Å²) in [7, 11) is 0. The molecule has 0 saturated carbocycles. The normalized spacial score (nSPS) is 19.9. The topological polar surface area (TPSA) is 23.5 Å². The van der Waals surface area contributed by atoms with Crippen molar-refractivity contribution in [2.24, 2.45) is 0 Å². The summed E-state index contributed by atoms with van der Waals surface area (Å²) in [5.74, 6) is 1.32. The zero-order valence-electron chi connectivity index (χ0n) is 37.1. The van der Waals surface area contributed by atoms with Crippen molar-refractivity contribution in [3.8, 4) is 0 Å². The molecule has 0 aliphatic carbocycles. The van der Waals surface area contributed by atoms with E-state index in [2.05, 4.69) is 86.3 Å². The molecule has 0 bridgehead atoms. The molecule has 2 aromatic rings. The van der Waals surface area contributed by atoms with Crippen molar-refractivity contribution in [3.63, 3.8) is 0 Å². The van der Waals surface area contributed by atoms with E-state index in [1.807, 2.05) is 0 Å². The molecule has 5 atom stereocenters. The van der Waals surface area contributed by atoms with Crippen LogP contribution >= 0.6 is 11.6 Å². The Kier molecular flexibility index (Phi) is 28.5. The predicted octanol–water partition coefficient (Wildman–Crippen LogP) is 16.6. The number of unbranched alkanes of at least 4 members (excludes halogenated alkanes) is 21. The van der Waals surface area contributed by atoms with Gasteiger partial charge in [0.05, 0.1) is 0 Å². The van der Waals surface area contributed by atoms with Crippen molar-refractivity contribution in [2.75, 3.05) is 19.6 Å². The average Bonchev–Trinajstić information content (AvgIpc) is 3.22. The van der Waals surface area contributed by atoms with Crippen LogP contribution in [-0.4, -0.2) is 41.9 Å². The fraction of sp³-hybridized carbons (Fsp3) is 0.769. The first kappa shape index (κ1) is 49.1.